The van der Waals surface area contributed by atoms with Crippen LogP contribution in [0.5, 0.6) is 0 Å². The van der Waals surface area contributed by atoms with Crippen LogP contribution in [0.1, 0.15) is 122 Å². The molecular formula is C27H46N4O4. The van der Waals surface area contributed by atoms with Crippen molar-refractivity contribution in [1.29, 1.82) is 10.8 Å². The first kappa shape index (κ1) is 34.7. The minimum absolute atomic E-state index is 0.618. The third kappa shape index (κ3) is 29.5. The summed E-state index contributed by atoms with van der Waals surface area (Å²) in [6.07, 6.45) is 30.7. The Balaban J connectivity index is 0. The van der Waals surface area contributed by atoms with Gasteiger partial charge in [0.05, 0.1) is 13.1 Å². The summed E-state index contributed by atoms with van der Waals surface area (Å²) in [6.45, 7) is 1.24. The summed E-state index contributed by atoms with van der Waals surface area (Å²) in [4.78, 5) is 43.2. The van der Waals surface area contributed by atoms with E-state index < -0.39 is 0 Å². The summed E-state index contributed by atoms with van der Waals surface area (Å²) < 4.78 is 0. The van der Waals surface area contributed by atoms with Crippen molar-refractivity contribution in [2.75, 3.05) is 13.1 Å². The van der Waals surface area contributed by atoms with Crippen LogP contribution >= 0.6 is 0 Å². The molecule has 8 heteroatoms. The molecule has 0 radical (unpaired) electrons. The molecule has 2 saturated carbocycles. The van der Waals surface area contributed by atoms with Crippen molar-refractivity contribution in [3.63, 3.8) is 0 Å². The van der Waals surface area contributed by atoms with Crippen molar-refractivity contribution < 1.29 is 19.2 Å². The Morgan fingerprint density at radius 1 is 0.514 bits per heavy atom. The zero-order chi connectivity index (χ0) is 26.2. The molecule has 0 bridgehead atoms. The van der Waals surface area contributed by atoms with Gasteiger partial charge in [0.1, 0.15) is 0 Å². The van der Waals surface area contributed by atoms with Crippen molar-refractivity contribution in [2.45, 2.75) is 122 Å². The molecule has 0 aliphatic heterocycles. The van der Waals surface area contributed by atoms with Gasteiger partial charge in [-0.15, -0.1) is 0 Å². The van der Waals surface area contributed by atoms with Crippen LogP contribution in [-0.2, 0) is 19.2 Å². The highest BCUT2D eigenvalue weighted by atomic mass is 16.1. The van der Waals surface area contributed by atoms with Gasteiger partial charge < -0.3 is 0 Å². The maximum Gasteiger partial charge on any atom is 0.234 e. The average Bonchev–Trinajstić information content (AvgIpc) is 2.87. The second-order valence-corrected chi connectivity index (χ2v) is 9.22. The molecule has 0 aromatic rings. The highest BCUT2D eigenvalue weighted by molar-refractivity contribution is 5.32. The summed E-state index contributed by atoms with van der Waals surface area (Å²) in [5, 5.41) is 10.8. The van der Waals surface area contributed by atoms with Gasteiger partial charge in [0, 0.05) is 0 Å². The number of carbonyl (C=O) groups excluding carboxylic acids is 4. The molecule has 0 aromatic heterocycles. The minimum atomic E-state index is 0.618. The maximum absolute atomic E-state index is 9.76. The van der Waals surface area contributed by atoms with E-state index in [0.29, 0.717) is 13.1 Å². The summed E-state index contributed by atoms with van der Waals surface area (Å²) >= 11 is 0. The molecule has 2 N–H and O–H groups in total. The highest BCUT2D eigenvalue weighted by Gasteiger charge is 2.20. The molecule has 35 heavy (non-hydrogen) atoms. The van der Waals surface area contributed by atoms with Crippen molar-refractivity contribution in [1.82, 2.24) is 0 Å². The summed E-state index contributed by atoms with van der Waals surface area (Å²) in [6, 6.07) is 0. The maximum atomic E-state index is 9.76. The second-order valence-electron chi connectivity index (χ2n) is 9.22. The van der Waals surface area contributed by atoms with E-state index in [-0.39, 0.29) is 0 Å². The van der Waals surface area contributed by atoms with E-state index in [1.54, 1.807) is 44.3 Å². The van der Waals surface area contributed by atoms with Gasteiger partial charge in [-0.3, -0.25) is 0 Å². The van der Waals surface area contributed by atoms with Crippen LogP contribution in [0.4, 0.5) is 0 Å². The standard InChI is InChI=1S/C13H24.C12H20N2O2.2CHNO/c1-3-7-12(8-4-1)11-13-9-5-2-6-10-13;15-11-13-9-7-5-3-1-2-4-6-8-10-14-12-16;2*2-1-3/h12-13H,1-11H2;1-10H2;2*2H. The van der Waals surface area contributed by atoms with Crippen molar-refractivity contribution in [2.24, 2.45) is 21.8 Å². The number of rotatable bonds is 13. The molecule has 0 spiro atoms. The van der Waals surface area contributed by atoms with E-state index in [4.69, 9.17) is 20.4 Å². The SMILES string of the molecule is C1CCC(CC2CCCCC2)CC1.N=C=O.N=C=O.O=C=NCCCCCCCCCCN=C=O. The van der Waals surface area contributed by atoms with E-state index in [0.717, 1.165) is 49.7 Å². The Hall–Kier alpha value is -2.48. The number of nitrogens with one attached hydrogen (secondary N) is 2. The Morgan fingerprint density at radius 2 is 0.800 bits per heavy atom. The number of hydrogen-bond acceptors (Lipinski definition) is 8. The van der Waals surface area contributed by atoms with Crippen LogP contribution in [0.2, 0.25) is 0 Å². The monoisotopic (exact) mass is 490 g/mol. The van der Waals surface area contributed by atoms with Crippen LogP contribution in [-0.4, -0.2) is 37.4 Å². The first-order valence-corrected chi connectivity index (χ1v) is 13.3. The predicted molar refractivity (Wildman–Crippen MR) is 138 cm³/mol. The van der Waals surface area contributed by atoms with Crippen molar-refractivity contribution >= 4 is 24.3 Å². The van der Waals surface area contributed by atoms with E-state index in [1.165, 1.54) is 64.2 Å². The van der Waals surface area contributed by atoms with Crippen LogP contribution in [0.25, 0.3) is 0 Å². The fourth-order valence-electron chi connectivity index (χ4n) is 4.85. The van der Waals surface area contributed by atoms with Crippen molar-refractivity contribution in [3.05, 3.63) is 0 Å². The van der Waals surface area contributed by atoms with E-state index in [1.807, 2.05) is 0 Å². The Kier molecular flexibility index (Phi) is 31.2. The topological polar surface area (TPSA) is 141 Å². The molecule has 2 aliphatic rings. The van der Waals surface area contributed by atoms with Gasteiger partial charge in [-0.2, -0.15) is 0 Å². The Bertz CT molecular complexity index is 565. The fraction of sp³-hybridized carbons (Fsp3) is 0.852. The smallest absolute Gasteiger partial charge is 0.222 e. The number of hydrogen-bond donors (Lipinski definition) is 2. The second kappa shape index (κ2) is 31.5. The Labute approximate surface area is 211 Å². The third-order valence-corrected chi connectivity index (χ3v) is 6.54. The zero-order valence-corrected chi connectivity index (χ0v) is 21.5. The normalized spacial score (nSPS) is 15.0. The van der Waals surface area contributed by atoms with Gasteiger partial charge in [-0.05, 0) is 31.1 Å². The quantitative estimate of drug-likeness (QED) is 0.161. The molecule has 0 saturated heterocycles. The van der Waals surface area contributed by atoms with Gasteiger partial charge >= 0.3 is 0 Å². The molecule has 0 atom stereocenters. The van der Waals surface area contributed by atoms with Gasteiger partial charge in [-0.25, -0.2) is 40.0 Å². The van der Waals surface area contributed by atoms with Crippen LogP contribution < -0.4 is 0 Å². The molecule has 2 rings (SSSR count). The van der Waals surface area contributed by atoms with E-state index in [2.05, 4.69) is 9.98 Å². The van der Waals surface area contributed by atoms with Crippen LogP contribution in [0.15, 0.2) is 9.98 Å². The first-order chi connectivity index (χ1) is 17.2. The van der Waals surface area contributed by atoms with Crippen molar-refractivity contribution in [3.8, 4) is 0 Å². The lowest BCUT2D eigenvalue weighted by Crippen LogP contribution is -2.14. The largest absolute Gasteiger partial charge is 0.234 e. The van der Waals surface area contributed by atoms with Crippen LogP contribution in [0, 0.1) is 22.7 Å². The molecule has 2 aliphatic carbocycles. The first-order valence-electron chi connectivity index (χ1n) is 13.3. The molecule has 0 unspecified atom stereocenters. The van der Waals surface area contributed by atoms with Crippen LogP contribution in [0.3, 0.4) is 0 Å². The molecule has 0 heterocycles. The lowest BCUT2D eigenvalue weighted by molar-refractivity contribution is 0.244. The molecule has 0 aromatic carbocycles. The number of nitrogens with zero attached hydrogens (tertiary/aromatic N) is 2. The molecule has 198 valence electrons. The molecule has 0 amide bonds. The minimum Gasteiger partial charge on any atom is -0.222 e. The lowest BCUT2D eigenvalue weighted by atomic mass is 9.78. The fourth-order valence-corrected chi connectivity index (χ4v) is 4.85. The lowest BCUT2D eigenvalue weighted by Gasteiger charge is -2.28. The van der Waals surface area contributed by atoms with Gasteiger partial charge in [0.15, 0.2) is 0 Å². The van der Waals surface area contributed by atoms with E-state index >= 15 is 0 Å². The van der Waals surface area contributed by atoms with E-state index in [9.17, 15) is 9.59 Å². The third-order valence-electron chi connectivity index (χ3n) is 6.54. The highest BCUT2D eigenvalue weighted by Crippen LogP contribution is 2.34. The zero-order valence-electron chi connectivity index (χ0n) is 21.5. The number of unbranched alkanes of at least 4 members (excludes halogenated alkanes) is 7. The summed E-state index contributed by atoms with van der Waals surface area (Å²) in [5.41, 5.74) is 0. The molecule has 2 fully saturated rings. The molecular weight excluding hydrogens is 444 g/mol. The summed E-state index contributed by atoms with van der Waals surface area (Å²) in [5.74, 6) is 2.24. The molecule has 8 nitrogen and oxygen atoms in total. The van der Waals surface area contributed by atoms with Gasteiger partial charge in [0.25, 0.3) is 0 Å². The number of aliphatic imine (C=N–C) groups is 2. The van der Waals surface area contributed by atoms with Gasteiger partial charge in [0.2, 0.25) is 24.3 Å². The average molecular weight is 491 g/mol. The predicted octanol–water partition coefficient (Wildman–Crippen LogP) is 7.12. The Morgan fingerprint density at radius 3 is 1.09 bits per heavy atom. The summed E-state index contributed by atoms with van der Waals surface area (Å²) in [7, 11) is 0. The van der Waals surface area contributed by atoms with Gasteiger partial charge in [-0.1, -0.05) is 103 Å². The number of isocyanates is 4.